The topological polar surface area (TPSA) is 107 Å². The summed E-state index contributed by atoms with van der Waals surface area (Å²) in [6, 6.07) is 18.6. The average Bonchev–Trinajstić information content (AvgIpc) is 2.92. The van der Waals surface area contributed by atoms with Gasteiger partial charge in [0.15, 0.2) is 12.4 Å². The molecule has 1 amide bonds. The number of hydrogen-bond donors (Lipinski definition) is 1. The molecule has 196 valence electrons. The van der Waals surface area contributed by atoms with E-state index < -0.39 is 0 Å². The van der Waals surface area contributed by atoms with Gasteiger partial charge in [-0.05, 0) is 74.5 Å². The number of nitrogens with two attached hydrogens (primary N) is 1. The van der Waals surface area contributed by atoms with Crippen molar-refractivity contribution in [1.29, 1.82) is 0 Å². The third kappa shape index (κ3) is 5.89. The van der Waals surface area contributed by atoms with Gasteiger partial charge >= 0.3 is 0 Å². The van der Waals surface area contributed by atoms with Gasteiger partial charge in [0, 0.05) is 36.8 Å². The van der Waals surface area contributed by atoms with Crippen LogP contribution in [0.4, 0.5) is 11.8 Å². The van der Waals surface area contributed by atoms with Crippen LogP contribution in [0.15, 0.2) is 60.7 Å². The number of amides is 1. The molecule has 9 nitrogen and oxygen atoms in total. The largest absolute Gasteiger partial charge is 0.491 e. The van der Waals surface area contributed by atoms with Gasteiger partial charge in [-0.25, -0.2) is 9.97 Å². The molecule has 0 radical (unpaired) electrons. The van der Waals surface area contributed by atoms with Crippen LogP contribution in [0.1, 0.15) is 13.8 Å². The summed E-state index contributed by atoms with van der Waals surface area (Å²) in [4.78, 5) is 30.4. The minimum Gasteiger partial charge on any atom is -0.491 e. The Morgan fingerprint density at radius 3 is 2.29 bits per heavy atom. The van der Waals surface area contributed by atoms with Gasteiger partial charge in [0.25, 0.3) is 5.91 Å². The molecule has 4 aromatic rings. The van der Waals surface area contributed by atoms with Gasteiger partial charge in [-0.3, -0.25) is 4.79 Å². The van der Waals surface area contributed by atoms with E-state index >= 15 is 0 Å². The molecule has 0 unspecified atom stereocenters. The molecule has 5 rings (SSSR count). The van der Waals surface area contributed by atoms with Crippen molar-refractivity contribution in [3.8, 4) is 22.8 Å². The Hall–Kier alpha value is -4.11. The summed E-state index contributed by atoms with van der Waals surface area (Å²) in [5.41, 5.74) is 9.14. The monoisotopic (exact) mass is 532 g/mol. The third-order valence-electron chi connectivity index (χ3n) is 6.17. The van der Waals surface area contributed by atoms with Crippen molar-refractivity contribution in [2.24, 2.45) is 0 Å². The van der Waals surface area contributed by atoms with Crippen LogP contribution >= 0.6 is 11.6 Å². The molecule has 0 saturated carbocycles. The molecule has 2 aromatic heterocycles. The van der Waals surface area contributed by atoms with Gasteiger partial charge in [0.1, 0.15) is 17.0 Å². The van der Waals surface area contributed by atoms with E-state index in [1.54, 1.807) is 29.2 Å². The van der Waals surface area contributed by atoms with Gasteiger partial charge in [-0.2, -0.15) is 4.98 Å². The lowest BCUT2D eigenvalue weighted by Gasteiger charge is -2.35. The number of anilines is 2. The van der Waals surface area contributed by atoms with Crippen molar-refractivity contribution < 1.29 is 14.3 Å². The van der Waals surface area contributed by atoms with Crippen LogP contribution in [-0.2, 0) is 4.79 Å². The maximum Gasteiger partial charge on any atom is 0.260 e. The Morgan fingerprint density at radius 2 is 1.61 bits per heavy atom. The Balaban J connectivity index is 1.29. The van der Waals surface area contributed by atoms with Gasteiger partial charge in [-0.1, -0.05) is 11.6 Å². The SMILES string of the molecule is CC(C)Oc1ccc(-c2ccc3nc(N)nc(N4CCN(C(=O)COc5ccc(Cl)cc5)CC4)c3n2)cc1. The van der Waals surface area contributed by atoms with E-state index in [0.29, 0.717) is 53.8 Å². The highest BCUT2D eigenvalue weighted by atomic mass is 35.5. The third-order valence-corrected chi connectivity index (χ3v) is 6.42. The van der Waals surface area contributed by atoms with Crippen molar-refractivity contribution in [1.82, 2.24) is 19.9 Å². The second-order valence-electron chi connectivity index (χ2n) is 9.27. The Labute approximate surface area is 226 Å². The number of benzene rings is 2. The zero-order valence-corrected chi connectivity index (χ0v) is 22.1. The first-order valence-electron chi connectivity index (χ1n) is 12.5. The first kappa shape index (κ1) is 25.5. The highest BCUT2D eigenvalue weighted by Crippen LogP contribution is 2.28. The van der Waals surface area contributed by atoms with E-state index in [2.05, 4.69) is 14.9 Å². The maximum atomic E-state index is 12.7. The number of carbonyl (C=O) groups excluding carboxylic acids is 1. The predicted molar refractivity (Wildman–Crippen MR) is 149 cm³/mol. The molecule has 1 aliphatic heterocycles. The van der Waals surface area contributed by atoms with Crippen LogP contribution in [0, 0.1) is 0 Å². The zero-order chi connectivity index (χ0) is 26.6. The number of nitrogen functional groups attached to an aromatic ring is 1. The van der Waals surface area contributed by atoms with E-state index in [-0.39, 0.29) is 24.6 Å². The molecule has 2 aromatic carbocycles. The lowest BCUT2D eigenvalue weighted by atomic mass is 10.1. The normalized spacial score (nSPS) is 13.7. The van der Waals surface area contributed by atoms with Crippen molar-refractivity contribution in [3.05, 3.63) is 65.7 Å². The van der Waals surface area contributed by atoms with Crippen molar-refractivity contribution >= 4 is 40.3 Å². The first-order valence-corrected chi connectivity index (χ1v) is 12.9. The van der Waals surface area contributed by atoms with E-state index in [4.69, 9.17) is 31.8 Å². The van der Waals surface area contributed by atoms with Crippen molar-refractivity contribution in [3.63, 3.8) is 0 Å². The highest BCUT2D eigenvalue weighted by molar-refractivity contribution is 6.30. The number of pyridine rings is 1. The summed E-state index contributed by atoms with van der Waals surface area (Å²) < 4.78 is 11.4. The van der Waals surface area contributed by atoms with Crippen molar-refractivity contribution in [2.75, 3.05) is 43.4 Å². The van der Waals surface area contributed by atoms with Crippen LogP contribution < -0.4 is 20.1 Å². The number of piperazine rings is 1. The molecule has 1 fully saturated rings. The highest BCUT2D eigenvalue weighted by Gasteiger charge is 2.24. The lowest BCUT2D eigenvalue weighted by molar-refractivity contribution is -0.133. The second kappa shape index (κ2) is 11.1. The molecule has 1 aliphatic rings. The molecule has 0 bridgehead atoms. The lowest BCUT2D eigenvalue weighted by Crippen LogP contribution is -2.50. The van der Waals surface area contributed by atoms with Crippen LogP contribution in [0.3, 0.4) is 0 Å². The van der Waals surface area contributed by atoms with E-state index in [1.165, 1.54) is 0 Å². The summed E-state index contributed by atoms with van der Waals surface area (Å²) in [5.74, 6) is 2.20. The minimum atomic E-state index is -0.0723. The molecule has 2 N–H and O–H groups in total. The predicted octanol–water partition coefficient (Wildman–Crippen LogP) is 4.44. The maximum absolute atomic E-state index is 12.7. The van der Waals surface area contributed by atoms with Gasteiger partial charge in [0.2, 0.25) is 5.95 Å². The molecule has 3 heterocycles. The average molecular weight is 533 g/mol. The molecular formula is C28H29ClN6O3. The second-order valence-corrected chi connectivity index (χ2v) is 9.71. The molecule has 38 heavy (non-hydrogen) atoms. The van der Waals surface area contributed by atoms with Gasteiger partial charge in [-0.15, -0.1) is 0 Å². The fourth-order valence-electron chi connectivity index (χ4n) is 4.31. The van der Waals surface area contributed by atoms with E-state index in [9.17, 15) is 4.79 Å². The quantitative estimate of drug-likeness (QED) is 0.372. The number of fused-ring (bicyclic) bond motifs is 1. The fraction of sp³-hybridized carbons (Fsp3) is 0.286. The summed E-state index contributed by atoms with van der Waals surface area (Å²) >= 11 is 5.91. The smallest absolute Gasteiger partial charge is 0.260 e. The number of hydrogen-bond acceptors (Lipinski definition) is 8. The van der Waals surface area contributed by atoms with Crippen LogP contribution in [0.2, 0.25) is 5.02 Å². The summed E-state index contributed by atoms with van der Waals surface area (Å²) in [6.45, 7) is 6.21. The zero-order valence-electron chi connectivity index (χ0n) is 21.3. The van der Waals surface area contributed by atoms with Crippen molar-refractivity contribution in [2.45, 2.75) is 20.0 Å². The standard InChI is InChI=1S/C28H29ClN6O3/c1-18(2)38-22-7-3-19(4-8-22)23-11-12-24-26(31-23)27(33-28(30)32-24)35-15-13-34(14-16-35)25(36)17-37-21-9-5-20(29)6-10-21/h3-12,18H,13-17H2,1-2H3,(H2,30,32,33). The van der Waals surface area contributed by atoms with Crippen LogP contribution in [-0.4, -0.2) is 64.6 Å². The first-order chi connectivity index (χ1) is 18.4. The number of carbonyl (C=O) groups is 1. The molecule has 0 aliphatic carbocycles. The molecular weight excluding hydrogens is 504 g/mol. The molecule has 1 saturated heterocycles. The number of ether oxygens (including phenoxy) is 2. The van der Waals surface area contributed by atoms with Gasteiger partial charge < -0.3 is 25.0 Å². The Bertz CT molecular complexity index is 1420. The summed E-state index contributed by atoms with van der Waals surface area (Å²) in [6.07, 6.45) is 0.108. The fourth-order valence-corrected chi connectivity index (χ4v) is 4.43. The van der Waals surface area contributed by atoms with Crippen LogP contribution in [0.25, 0.3) is 22.3 Å². The van der Waals surface area contributed by atoms with E-state index in [0.717, 1.165) is 17.0 Å². The Kier molecular flexibility index (Phi) is 7.46. The molecule has 10 heteroatoms. The van der Waals surface area contributed by atoms with E-state index in [1.807, 2.05) is 50.2 Å². The Morgan fingerprint density at radius 1 is 0.921 bits per heavy atom. The van der Waals surface area contributed by atoms with Crippen LogP contribution in [0.5, 0.6) is 11.5 Å². The summed E-state index contributed by atoms with van der Waals surface area (Å²) in [5, 5.41) is 0.619. The molecule has 0 atom stereocenters. The minimum absolute atomic E-state index is 0.0308. The number of rotatable bonds is 7. The van der Waals surface area contributed by atoms with Gasteiger partial charge in [0.05, 0.1) is 17.3 Å². The molecule has 0 spiro atoms. The number of halogens is 1. The number of nitrogens with zero attached hydrogens (tertiary/aromatic N) is 5. The number of aromatic nitrogens is 3. The summed E-state index contributed by atoms with van der Waals surface area (Å²) in [7, 11) is 0.